The number of nitrogens with zero attached hydrogens (tertiary/aromatic N) is 1. The molecule has 0 heterocycles. The maximum absolute atomic E-state index is 11.7. The number of amides is 1. The molecule has 0 aliphatic heterocycles. The van der Waals surface area contributed by atoms with Crippen molar-refractivity contribution in [3.05, 3.63) is 39.9 Å². The van der Waals surface area contributed by atoms with Gasteiger partial charge < -0.3 is 11.1 Å². The van der Waals surface area contributed by atoms with Crippen LogP contribution in [0.2, 0.25) is 0 Å². The Bertz CT molecular complexity index is 435. The maximum atomic E-state index is 11.7. The molecule has 6 heteroatoms. The molecule has 19 heavy (non-hydrogen) atoms. The van der Waals surface area contributed by atoms with Gasteiger partial charge in [0.05, 0.1) is 11.3 Å². The molecule has 6 nitrogen and oxygen atoms in total. The number of nitro benzene ring substituents is 1. The Hall–Kier alpha value is -1.95. The summed E-state index contributed by atoms with van der Waals surface area (Å²) < 4.78 is 0. The van der Waals surface area contributed by atoms with E-state index in [1.165, 1.54) is 6.07 Å². The quantitative estimate of drug-likeness (QED) is 0.421. The minimum absolute atomic E-state index is 0.0132. The van der Waals surface area contributed by atoms with Crippen LogP contribution in [0.3, 0.4) is 0 Å². The average Bonchev–Trinajstić information content (AvgIpc) is 2.39. The van der Waals surface area contributed by atoms with Crippen molar-refractivity contribution in [3.63, 3.8) is 0 Å². The van der Waals surface area contributed by atoms with Gasteiger partial charge in [0.15, 0.2) is 0 Å². The number of benzene rings is 1. The summed E-state index contributed by atoms with van der Waals surface area (Å²) in [6, 6.07) is 6.29. The lowest BCUT2D eigenvalue weighted by atomic mass is 10.1. The first-order chi connectivity index (χ1) is 9.15. The Balaban J connectivity index is 2.42. The van der Waals surface area contributed by atoms with Crippen LogP contribution in [0.25, 0.3) is 0 Å². The summed E-state index contributed by atoms with van der Waals surface area (Å²) in [6.07, 6.45) is 2.83. The number of unbranched alkanes of at least 4 members (excludes halogenated alkanes) is 2. The topological polar surface area (TPSA) is 98.3 Å². The van der Waals surface area contributed by atoms with Crippen LogP contribution in [0.5, 0.6) is 0 Å². The highest BCUT2D eigenvalue weighted by molar-refractivity contribution is 5.79. The van der Waals surface area contributed by atoms with Crippen LogP contribution in [-0.4, -0.2) is 23.9 Å². The molecule has 1 aromatic rings. The summed E-state index contributed by atoms with van der Waals surface area (Å²) in [7, 11) is 0. The second kappa shape index (κ2) is 8.20. The summed E-state index contributed by atoms with van der Waals surface area (Å²) in [5.74, 6) is -0.193. The number of hydrogen-bond acceptors (Lipinski definition) is 4. The Morgan fingerprint density at radius 1 is 1.26 bits per heavy atom. The van der Waals surface area contributed by atoms with Gasteiger partial charge in [-0.05, 0) is 19.4 Å². The van der Waals surface area contributed by atoms with Crippen molar-refractivity contribution in [2.24, 2.45) is 5.73 Å². The summed E-state index contributed by atoms with van der Waals surface area (Å²) in [6.45, 7) is 1.24. The fraction of sp³-hybridized carbons (Fsp3) is 0.462. The van der Waals surface area contributed by atoms with Crippen LogP contribution in [-0.2, 0) is 11.2 Å². The molecule has 0 spiro atoms. The van der Waals surface area contributed by atoms with Gasteiger partial charge in [0.25, 0.3) is 5.69 Å². The van der Waals surface area contributed by atoms with Gasteiger partial charge in [0.2, 0.25) is 5.91 Å². The fourth-order valence-electron chi connectivity index (χ4n) is 1.75. The molecule has 3 N–H and O–H groups in total. The van der Waals surface area contributed by atoms with E-state index in [4.69, 9.17) is 5.73 Å². The predicted molar refractivity (Wildman–Crippen MR) is 72.7 cm³/mol. The summed E-state index contributed by atoms with van der Waals surface area (Å²) in [5.41, 5.74) is 5.79. The molecule has 104 valence electrons. The van der Waals surface area contributed by atoms with Crippen molar-refractivity contribution in [2.75, 3.05) is 13.1 Å². The Kier molecular flexibility index (Phi) is 6.52. The van der Waals surface area contributed by atoms with Gasteiger partial charge in [-0.2, -0.15) is 0 Å². The number of rotatable bonds is 8. The van der Waals surface area contributed by atoms with Crippen LogP contribution < -0.4 is 11.1 Å². The van der Waals surface area contributed by atoms with Crippen LogP contribution in [0.4, 0.5) is 5.69 Å². The molecule has 0 aromatic heterocycles. The first-order valence-corrected chi connectivity index (χ1v) is 6.34. The van der Waals surface area contributed by atoms with Crippen LogP contribution in [0.15, 0.2) is 24.3 Å². The molecule has 0 saturated heterocycles. The predicted octanol–water partition coefficient (Wildman–Crippen LogP) is 1.38. The van der Waals surface area contributed by atoms with E-state index in [9.17, 15) is 14.9 Å². The standard InChI is InChI=1S/C13H19N3O3/c14-8-4-1-5-9-15-13(17)10-11-6-2-3-7-12(11)16(18)19/h2-3,6-7H,1,4-5,8-10,14H2,(H,15,17). The highest BCUT2D eigenvalue weighted by atomic mass is 16.6. The average molecular weight is 265 g/mol. The van der Waals surface area contributed by atoms with Crippen LogP contribution in [0, 0.1) is 10.1 Å². The van der Waals surface area contributed by atoms with Crippen molar-refractivity contribution < 1.29 is 9.72 Å². The molecule has 1 aromatic carbocycles. The van der Waals surface area contributed by atoms with Crippen LogP contribution >= 0.6 is 0 Å². The van der Waals surface area contributed by atoms with Crippen molar-refractivity contribution >= 4 is 11.6 Å². The zero-order valence-corrected chi connectivity index (χ0v) is 10.8. The molecule has 0 bridgehead atoms. The number of carbonyl (C=O) groups is 1. The van der Waals surface area contributed by atoms with Crippen molar-refractivity contribution in [2.45, 2.75) is 25.7 Å². The summed E-state index contributed by atoms with van der Waals surface area (Å²) >= 11 is 0. The number of hydrogen-bond donors (Lipinski definition) is 2. The molecule has 0 aliphatic carbocycles. The minimum atomic E-state index is -0.468. The molecule has 0 fully saturated rings. The number of nitro groups is 1. The van der Waals surface area contributed by atoms with Crippen LogP contribution in [0.1, 0.15) is 24.8 Å². The van der Waals surface area contributed by atoms with E-state index >= 15 is 0 Å². The normalized spacial score (nSPS) is 10.2. The SMILES string of the molecule is NCCCCCNC(=O)Cc1ccccc1[N+](=O)[O-]. The molecule has 0 atom stereocenters. The number of nitrogens with one attached hydrogen (secondary N) is 1. The molecular weight excluding hydrogens is 246 g/mol. The molecule has 0 saturated carbocycles. The maximum Gasteiger partial charge on any atom is 0.273 e. The van der Waals surface area contributed by atoms with E-state index < -0.39 is 4.92 Å². The van der Waals surface area contributed by atoms with Gasteiger partial charge in [0, 0.05) is 18.2 Å². The first-order valence-electron chi connectivity index (χ1n) is 6.34. The Morgan fingerprint density at radius 3 is 2.68 bits per heavy atom. The highest BCUT2D eigenvalue weighted by Crippen LogP contribution is 2.17. The minimum Gasteiger partial charge on any atom is -0.356 e. The van der Waals surface area contributed by atoms with Gasteiger partial charge in [-0.3, -0.25) is 14.9 Å². The van der Waals surface area contributed by atoms with Gasteiger partial charge in [-0.15, -0.1) is 0 Å². The van der Waals surface area contributed by atoms with Gasteiger partial charge in [-0.25, -0.2) is 0 Å². The lowest BCUT2D eigenvalue weighted by Crippen LogP contribution is -2.26. The molecule has 0 unspecified atom stereocenters. The van der Waals surface area contributed by atoms with E-state index in [0.717, 1.165) is 19.3 Å². The lowest BCUT2D eigenvalue weighted by Gasteiger charge is -2.05. The zero-order chi connectivity index (χ0) is 14.1. The summed E-state index contributed by atoms with van der Waals surface area (Å²) in [4.78, 5) is 22.0. The molecule has 0 aliphatic rings. The Morgan fingerprint density at radius 2 is 2.00 bits per heavy atom. The number of para-hydroxylation sites is 1. The monoisotopic (exact) mass is 265 g/mol. The molecule has 1 rings (SSSR count). The van der Waals surface area contributed by atoms with E-state index in [-0.39, 0.29) is 18.0 Å². The van der Waals surface area contributed by atoms with E-state index in [1.807, 2.05) is 0 Å². The van der Waals surface area contributed by atoms with E-state index in [0.29, 0.717) is 18.7 Å². The molecule has 0 radical (unpaired) electrons. The fourth-order valence-corrected chi connectivity index (χ4v) is 1.75. The highest BCUT2D eigenvalue weighted by Gasteiger charge is 2.14. The van der Waals surface area contributed by atoms with Crippen molar-refractivity contribution in [3.8, 4) is 0 Å². The van der Waals surface area contributed by atoms with E-state index in [1.54, 1.807) is 18.2 Å². The van der Waals surface area contributed by atoms with Gasteiger partial charge >= 0.3 is 0 Å². The van der Waals surface area contributed by atoms with E-state index in [2.05, 4.69) is 5.32 Å². The lowest BCUT2D eigenvalue weighted by molar-refractivity contribution is -0.385. The van der Waals surface area contributed by atoms with Crippen molar-refractivity contribution in [1.29, 1.82) is 0 Å². The van der Waals surface area contributed by atoms with Gasteiger partial charge in [-0.1, -0.05) is 24.6 Å². The molecule has 1 amide bonds. The third-order valence-electron chi connectivity index (χ3n) is 2.74. The number of carbonyl (C=O) groups excluding carboxylic acids is 1. The largest absolute Gasteiger partial charge is 0.356 e. The van der Waals surface area contributed by atoms with Crippen molar-refractivity contribution in [1.82, 2.24) is 5.32 Å². The first kappa shape index (κ1) is 15.1. The second-order valence-electron chi connectivity index (χ2n) is 4.26. The second-order valence-corrected chi connectivity index (χ2v) is 4.26. The Labute approximate surface area is 112 Å². The van der Waals surface area contributed by atoms with Gasteiger partial charge in [0.1, 0.15) is 0 Å². The third kappa shape index (κ3) is 5.48. The number of nitrogens with two attached hydrogens (primary N) is 1. The zero-order valence-electron chi connectivity index (χ0n) is 10.8. The molecular formula is C13H19N3O3. The third-order valence-corrected chi connectivity index (χ3v) is 2.74. The smallest absolute Gasteiger partial charge is 0.273 e. The summed E-state index contributed by atoms with van der Waals surface area (Å²) in [5, 5.41) is 13.6.